The van der Waals surface area contributed by atoms with Crippen LogP contribution in [0.25, 0.3) is 16.3 Å². The molecule has 0 fully saturated rings. The van der Waals surface area contributed by atoms with E-state index >= 15 is 0 Å². The highest BCUT2D eigenvalue weighted by molar-refractivity contribution is 6.15. The van der Waals surface area contributed by atoms with Crippen molar-refractivity contribution in [2.45, 2.75) is 6.42 Å². The Morgan fingerprint density at radius 2 is 1.58 bits per heavy atom. The number of allylic oxidation sites excluding steroid dienone is 2. The van der Waals surface area contributed by atoms with Gasteiger partial charge in [0.1, 0.15) is 17.7 Å². The summed E-state index contributed by atoms with van der Waals surface area (Å²) in [5, 5.41) is 19.9. The first-order valence-electron chi connectivity index (χ1n) is 5.84. The Balaban J connectivity index is 2.37. The molecule has 0 saturated carbocycles. The number of ketones is 1. The highest BCUT2D eigenvalue weighted by Gasteiger charge is 2.27. The Morgan fingerprint density at radius 3 is 2.16 bits per heavy atom. The van der Waals surface area contributed by atoms with Crippen molar-refractivity contribution in [2.24, 2.45) is 0 Å². The van der Waals surface area contributed by atoms with E-state index in [4.69, 9.17) is 10.5 Å². The normalized spacial score (nSPS) is 12.9. The van der Waals surface area contributed by atoms with Crippen LogP contribution in [0.1, 0.15) is 22.3 Å². The maximum absolute atomic E-state index is 12.0. The van der Waals surface area contributed by atoms with Gasteiger partial charge in [0.2, 0.25) is 0 Å². The van der Waals surface area contributed by atoms with E-state index in [0.717, 1.165) is 16.3 Å². The van der Waals surface area contributed by atoms with Gasteiger partial charge < -0.3 is 0 Å². The number of fused-ring (bicyclic) bond motifs is 2. The fourth-order valence-corrected chi connectivity index (χ4v) is 2.45. The van der Waals surface area contributed by atoms with Crippen molar-refractivity contribution in [3.8, 4) is 12.1 Å². The molecule has 0 aromatic heterocycles. The topological polar surface area (TPSA) is 64.7 Å². The Bertz CT molecular complexity index is 816. The third-order valence-electron chi connectivity index (χ3n) is 3.37. The number of rotatable bonds is 0. The maximum atomic E-state index is 12.0. The molecule has 3 rings (SSSR count). The van der Waals surface area contributed by atoms with E-state index in [9.17, 15) is 4.79 Å². The molecule has 0 spiro atoms. The number of benzene rings is 2. The summed E-state index contributed by atoms with van der Waals surface area (Å²) >= 11 is 0. The van der Waals surface area contributed by atoms with Gasteiger partial charge in [-0.1, -0.05) is 24.3 Å². The van der Waals surface area contributed by atoms with Crippen molar-refractivity contribution in [1.29, 1.82) is 10.5 Å². The molecular weight excluding hydrogens is 236 g/mol. The predicted octanol–water partition coefficient (Wildman–Crippen LogP) is 3.23. The summed E-state index contributed by atoms with van der Waals surface area (Å²) in [7, 11) is 0. The number of carbonyl (C=O) groups is 1. The minimum atomic E-state index is -0.0289. The minimum Gasteiger partial charge on any atom is -0.294 e. The maximum Gasteiger partial charge on any atom is 0.167 e. The molecule has 0 saturated heterocycles. The lowest BCUT2D eigenvalue weighted by Crippen LogP contribution is -1.90. The van der Waals surface area contributed by atoms with Gasteiger partial charge in [0.05, 0.1) is 0 Å². The molecule has 0 atom stereocenters. The first kappa shape index (κ1) is 11.2. The summed E-state index contributed by atoms with van der Waals surface area (Å²) in [5.74, 6) is -0.0289. The number of carbonyl (C=O) groups excluding carboxylic acids is 1. The number of nitriles is 2. The van der Waals surface area contributed by atoms with Gasteiger partial charge in [-0.05, 0) is 34.0 Å². The second-order valence-electron chi connectivity index (χ2n) is 4.42. The highest BCUT2D eigenvalue weighted by atomic mass is 16.1. The Kier molecular flexibility index (Phi) is 2.41. The summed E-state index contributed by atoms with van der Waals surface area (Å²) in [5.41, 5.74) is 1.91. The molecule has 88 valence electrons. The van der Waals surface area contributed by atoms with E-state index in [2.05, 4.69) is 0 Å². The van der Waals surface area contributed by atoms with Gasteiger partial charge in [-0.25, -0.2) is 0 Å². The summed E-state index contributed by atoms with van der Waals surface area (Å²) in [4.78, 5) is 12.0. The van der Waals surface area contributed by atoms with Crippen molar-refractivity contribution in [3.05, 3.63) is 53.1 Å². The third kappa shape index (κ3) is 1.61. The summed E-state index contributed by atoms with van der Waals surface area (Å²) < 4.78 is 0. The van der Waals surface area contributed by atoms with E-state index in [1.165, 1.54) is 0 Å². The van der Waals surface area contributed by atoms with E-state index in [1.54, 1.807) is 0 Å². The van der Waals surface area contributed by atoms with Crippen LogP contribution in [0, 0.1) is 22.7 Å². The second-order valence-corrected chi connectivity index (χ2v) is 4.42. The zero-order valence-electron chi connectivity index (χ0n) is 9.97. The lowest BCUT2D eigenvalue weighted by atomic mass is 9.99. The Hall–Kier alpha value is -2.91. The smallest absolute Gasteiger partial charge is 0.167 e. The molecule has 0 radical (unpaired) electrons. The lowest BCUT2D eigenvalue weighted by molar-refractivity contribution is 0.100. The van der Waals surface area contributed by atoms with Crippen molar-refractivity contribution in [1.82, 2.24) is 0 Å². The molecule has 19 heavy (non-hydrogen) atoms. The fourth-order valence-electron chi connectivity index (χ4n) is 2.45. The zero-order valence-corrected chi connectivity index (χ0v) is 9.97. The van der Waals surface area contributed by atoms with Crippen molar-refractivity contribution >= 4 is 22.1 Å². The SMILES string of the molecule is N#CC(C#N)=C1CC(=O)c2cc3ccccc3cc21. The molecule has 1 aliphatic carbocycles. The van der Waals surface area contributed by atoms with Crippen molar-refractivity contribution in [3.63, 3.8) is 0 Å². The number of hydrogen-bond acceptors (Lipinski definition) is 3. The van der Waals surface area contributed by atoms with Gasteiger partial charge in [0.25, 0.3) is 0 Å². The molecule has 2 aromatic carbocycles. The zero-order chi connectivity index (χ0) is 13.4. The monoisotopic (exact) mass is 244 g/mol. The Labute approximate surface area is 110 Å². The standard InChI is InChI=1S/C16H8N2O/c17-8-12(9-18)13-7-16(19)15-6-11-4-2-1-3-10(11)5-14(13)15/h1-6H,7H2. The number of nitrogens with zero attached hydrogens (tertiary/aromatic N) is 2. The molecule has 0 unspecified atom stereocenters. The summed E-state index contributed by atoms with van der Waals surface area (Å²) in [6, 6.07) is 15.2. The molecule has 3 heteroatoms. The largest absolute Gasteiger partial charge is 0.294 e. The summed E-state index contributed by atoms with van der Waals surface area (Å²) in [6.07, 6.45) is 0.141. The molecule has 0 heterocycles. The van der Waals surface area contributed by atoms with Gasteiger partial charge in [-0.2, -0.15) is 10.5 Å². The molecule has 0 N–H and O–H groups in total. The van der Waals surface area contributed by atoms with Gasteiger partial charge in [0, 0.05) is 12.0 Å². The average molecular weight is 244 g/mol. The molecule has 0 amide bonds. The van der Waals surface area contributed by atoms with E-state index < -0.39 is 0 Å². The van der Waals surface area contributed by atoms with Crippen molar-refractivity contribution in [2.75, 3.05) is 0 Å². The van der Waals surface area contributed by atoms with Crippen LogP contribution in [0.2, 0.25) is 0 Å². The van der Waals surface area contributed by atoms with E-state index in [0.29, 0.717) is 11.1 Å². The first-order chi connectivity index (χ1) is 9.24. The van der Waals surface area contributed by atoms with Crippen LogP contribution in [0.5, 0.6) is 0 Å². The third-order valence-corrected chi connectivity index (χ3v) is 3.37. The lowest BCUT2D eigenvalue weighted by Gasteiger charge is -2.03. The van der Waals surface area contributed by atoms with Crippen LogP contribution in [-0.2, 0) is 0 Å². The van der Waals surface area contributed by atoms with Crippen LogP contribution in [0.4, 0.5) is 0 Å². The number of Topliss-reactive ketones (excluding diaryl/α,β-unsaturated/α-hetero) is 1. The van der Waals surface area contributed by atoms with Crippen LogP contribution >= 0.6 is 0 Å². The molecule has 0 bridgehead atoms. The summed E-state index contributed by atoms with van der Waals surface area (Å²) in [6.45, 7) is 0. The second kappa shape index (κ2) is 4.08. The van der Waals surface area contributed by atoms with Crippen LogP contribution in [0.3, 0.4) is 0 Å². The van der Waals surface area contributed by atoms with Crippen LogP contribution in [0.15, 0.2) is 42.0 Å². The molecule has 1 aliphatic rings. The minimum absolute atomic E-state index is 0.0289. The molecule has 3 nitrogen and oxygen atoms in total. The van der Waals surface area contributed by atoms with E-state index in [-0.39, 0.29) is 17.8 Å². The predicted molar refractivity (Wildman–Crippen MR) is 71.0 cm³/mol. The van der Waals surface area contributed by atoms with Gasteiger partial charge in [0.15, 0.2) is 5.78 Å². The van der Waals surface area contributed by atoms with Gasteiger partial charge in [-0.3, -0.25) is 4.79 Å². The molecule has 0 aliphatic heterocycles. The highest BCUT2D eigenvalue weighted by Crippen LogP contribution is 2.36. The van der Waals surface area contributed by atoms with Gasteiger partial charge >= 0.3 is 0 Å². The first-order valence-corrected chi connectivity index (χ1v) is 5.84. The van der Waals surface area contributed by atoms with E-state index in [1.807, 2.05) is 48.5 Å². The Morgan fingerprint density at radius 1 is 1.00 bits per heavy atom. The molecular formula is C16H8N2O. The average Bonchev–Trinajstić information content (AvgIpc) is 2.75. The van der Waals surface area contributed by atoms with Crippen molar-refractivity contribution < 1.29 is 4.79 Å². The number of hydrogen-bond donors (Lipinski definition) is 0. The fraction of sp³-hybridized carbons (Fsp3) is 0.0625. The quantitative estimate of drug-likeness (QED) is 0.668. The van der Waals surface area contributed by atoms with Crippen LogP contribution in [-0.4, -0.2) is 5.78 Å². The van der Waals surface area contributed by atoms with Gasteiger partial charge in [-0.15, -0.1) is 0 Å². The van der Waals surface area contributed by atoms with Crippen LogP contribution < -0.4 is 0 Å². The molecule has 2 aromatic rings.